The average Bonchev–Trinajstić information content (AvgIpc) is 3.16. The predicted molar refractivity (Wildman–Crippen MR) is 112 cm³/mol. The highest BCUT2D eigenvalue weighted by molar-refractivity contribution is 6.30. The molecule has 0 saturated heterocycles. The summed E-state index contributed by atoms with van der Waals surface area (Å²) in [7, 11) is 0. The zero-order valence-electron chi connectivity index (χ0n) is 14.9. The summed E-state index contributed by atoms with van der Waals surface area (Å²) in [6, 6.07) is 25.1. The molecule has 3 aromatic carbocycles. The molecule has 0 unspecified atom stereocenters. The Morgan fingerprint density at radius 2 is 1.79 bits per heavy atom. The highest BCUT2D eigenvalue weighted by atomic mass is 35.5. The molecule has 4 nitrogen and oxygen atoms in total. The summed E-state index contributed by atoms with van der Waals surface area (Å²) < 4.78 is 5.80. The Labute approximate surface area is 167 Å². The van der Waals surface area contributed by atoms with Crippen LogP contribution >= 0.6 is 11.6 Å². The summed E-state index contributed by atoms with van der Waals surface area (Å²) in [6.07, 6.45) is 1.81. The van der Waals surface area contributed by atoms with Crippen molar-refractivity contribution in [2.45, 2.75) is 6.61 Å². The van der Waals surface area contributed by atoms with Crippen LogP contribution in [0, 0.1) is 11.3 Å². The van der Waals surface area contributed by atoms with Crippen molar-refractivity contribution < 1.29 is 4.74 Å². The molecular weight excluding hydrogens is 370 g/mol. The number of nitrogens with one attached hydrogen (secondary N) is 1. The van der Waals surface area contributed by atoms with Gasteiger partial charge in [-0.15, -0.1) is 0 Å². The zero-order valence-corrected chi connectivity index (χ0v) is 15.6. The van der Waals surface area contributed by atoms with Crippen molar-refractivity contribution in [3.05, 3.63) is 94.8 Å². The molecule has 0 spiro atoms. The first-order valence-corrected chi connectivity index (χ1v) is 9.13. The number of para-hydroxylation sites is 2. The van der Waals surface area contributed by atoms with E-state index in [0.717, 1.165) is 27.9 Å². The van der Waals surface area contributed by atoms with E-state index < -0.39 is 0 Å². The van der Waals surface area contributed by atoms with E-state index in [1.807, 2.05) is 72.8 Å². The summed E-state index contributed by atoms with van der Waals surface area (Å²) in [5.74, 6) is 1.32. The fraction of sp³-hybridized carbons (Fsp3) is 0.0435. The monoisotopic (exact) mass is 385 g/mol. The number of fused-ring (bicyclic) bond motifs is 1. The topological polar surface area (TPSA) is 61.7 Å². The van der Waals surface area contributed by atoms with Crippen molar-refractivity contribution in [3.8, 4) is 11.8 Å². The van der Waals surface area contributed by atoms with E-state index in [1.54, 1.807) is 6.08 Å². The predicted octanol–water partition coefficient (Wildman–Crippen LogP) is 5.86. The van der Waals surface area contributed by atoms with E-state index in [9.17, 15) is 5.26 Å². The summed E-state index contributed by atoms with van der Waals surface area (Å²) in [4.78, 5) is 7.67. The number of nitrogens with zero attached hydrogens (tertiary/aromatic N) is 2. The fourth-order valence-corrected chi connectivity index (χ4v) is 2.93. The number of nitriles is 1. The van der Waals surface area contributed by atoms with Crippen molar-refractivity contribution in [3.63, 3.8) is 0 Å². The average molecular weight is 386 g/mol. The Morgan fingerprint density at radius 3 is 2.50 bits per heavy atom. The third-order valence-electron chi connectivity index (χ3n) is 4.27. The highest BCUT2D eigenvalue weighted by Gasteiger charge is 2.07. The minimum atomic E-state index is 0.467. The minimum Gasteiger partial charge on any atom is -0.489 e. The third-order valence-corrected chi connectivity index (χ3v) is 4.53. The van der Waals surface area contributed by atoms with Crippen LogP contribution in [0.2, 0.25) is 5.02 Å². The van der Waals surface area contributed by atoms with Gasteiger partial charge in [0.15, 0.2) is 0 Å². The highest BCUT2D eigenvalue weighted by Crippen LogP contribution is 2.21. The summed E-state index contributed by atoms with van der Waals surface area (Å²) >= 11 is 5.89. The van der Waals surface area contributed by atoms with Crippen molar-refractivity contribution in [2.24, 2.45) is 0 Å². The summed E-state index contributed by atoms with van der Waals surface area (Å²) in [6.45, 7) is 0.467. The van der Waals surface area contributed by atoms with Crippen LogP contribution in [-0.4, -0.2) is 9.97 Å². The quantitative estimate of drug-likeness (QED) is 0.437. The molecule has 0 aliphatic carbocycles. The number of hydrogen-bond donors (Lipinski definition) is 1. The van der Waals surface area contributed by atoms with Crippen LogP contribution in [0.3, 0.4) is 0 Å². The Morgan fingerprint density at radius 1 is 1.04 bits per heavy atom. The minimum absolute atomic E-state index is 0.467. The molecule has 4 aromatic rings. The SMILES string of the molecule is N#C/C(=C\c1ccc(OCc2ccc(Cl)cc2)cc1)c1nc2ccccc2[nH]1. The van der Waals surface area contributed by atoms with Gasteiger partial charge in [-0.05, 0) is 53.6 Å². The molecule has 1 heterocycles. The molecule has 0 amide bonds. The van der Waals surface area contributed by atoms with Crippen molar-refractivity contribution in [1.29, 1.82) is 5.26 Å². The molecule has 4 rings (SSSR count). The molecule has 0 fully saturated rings. The Balaban J connectivity index is 1.49. The van der Waals surface area contributed by atoms with Gasteiger partial charge in [-0.2, -0.15) is 5.26 Å². The van der Waals surface area contributed by atoms with E-state index in [0.29, 0.717) is 23.0 Å². The van der Waals surface area contributed by atoms with Crippen LogP contribution in [0.15, 0.2) is 72.8 Å². The van der Waals surface area contributed by atoms with Crippen LogP contribution in [0.25, 0.3) is 22.7 Å². The summed E-state index contributed by atoms with van der Waals surface area (Å²) in [5.41, 5.74) is 4.17. The van der Waals surface area contributed by atoms with Gasteiger partial charge < -0.3 is 9.72 Å². The molecule has 1 N–H and O–H groups in total. The molecular formula is C23H16ClN3O. The second-order valence-corrected chi connectivity index (χ2v) is 6.69. The number of allylic oxidation sites excluding steroid dienone is 1. The van der Waals surface area contributed by atoms with E-state index in [1.165, 1.54) is 0 Å². The van der Waals surface area contributed by atoms with Crippen LogP contribution in [0.1, 0.15) is 17.0 Å². The van der Waals surface area contributed by atoms with Gasteiger partial charge >= 0.3 is 0 Å². The van der Waals surface area contributed by atoms with Crippen molar-refractivity contribution in [1.82, 2.24) is 9.97 Å². The number of H-pyrrole nitrogens is 1. The van der Waals surface area contributed by atoms with Gasteiger partial charge in [0.25, 0.3) is 0 Å². The second kappa shape index (κ2) is 7.99. The first kappa shape index (κ1) is 17.8. The van der Waals surface area contributed by atoms with Gasteiger partial charge in [0.1, 0.15) is 24.3 Å². The van der Waals surface area contributed by atoms with Crippen LogP contribution in [-0.2, 0) is 6.61 Å². The van der Waals surface area contributed by atoms with Crippen LogP contribution in [0.4, 0.5) is 0 Å². The maximum Gasteiger partial charge on any atom is 0.149 e. The number of imidazole rings is 1. The van der Waals surface area contributed by atoms with E-state index >= 15 is 0 Å². The number of ether oxygens (including phenoxy) is 1. The molecule has 136 valence electrons. The van der Waals surface area contributed by atoms with Gasteiger partial charge in [-0.3, -0.25) is 0 Å². The molecule has 0 aliphatic heterocycles. The number of rotatable bonds is 5. The van der Waals surface area contributed by atoms with Crippen LogP contribution < -0.4 is 4.74 Å². The number of aromatic nitrogens is 2. The molecule has 0 saturated carbocycles. The number of benzene rings is 3. The molecule has 0 bridgehead atoms. The van der Waals surface area contributed by atoms with Crippen molar-refractivity contribution in [2.75, 3.05) is 0 Å². The molecule has 1 aromatic heterocycles. The van der Waals surface area contributed by atoms with Crippen LogP contribution in [0.5, 0.6) is 5.75 Å². The van der Waals surface area contributed by atoms with E-state index in [2.05, 4.69) is 16.0 Å². The fourth-order valence-electron chi connectivity index (χ4n) is 2.81. The van der Waals surface area contributed by atoms with Gasteiger partial charge in [0.2, 0.25) is 0 Å². The number of aromatic amines is 1. The maximum atomic E-state index is 9.54. The first-order valence-electron chi connectivity index (χ1n) is 8.75. The Hall–Kier alpha value is -3.55. The third kappa shape index (κ3) is 4.06. The zero-order chi connectivity index (χ0) is 19.3. The standard InChI is InChI=1S/C23H16ClN3O/c24-19-9-5-17(6-10-19)15-28-20-11-7-16(8-12-20)13-18(14-25)23-26-21-3-1-2-4-22(21)27-23/h1-13H,15H2,(H,26,27)/b18-13+. The maximum absolute atomic E-state index is 9.54. The molecule has 5 heteroatoms. The van der Waals surface area contributed by atoms with E-state index in [4.69, 9.17) is 16.3 Å². The lowest BCUT2D eigenvalue weighted by atomic mass is 10.1. The van der Waals surface area contributed by atoms with Gasteiger partial charge in [-0.25, -0.2) is 4.98 Å². The normalized spacial score (nSPS) is 11.4. The molecule has 28 heavy (non-hydrogen) atoms. The number of halogens is 1. The van der Waals surface area contributed by atoms with Crippen molar-refractivity contribution >= 4 is 34.3 Å². The van der Waals surface area contributed by atoms with Gasteiger partial charge in [0, 0.05) is 5.02 Å². The Kier molecular flexibility index (Phi) is 5.09. The lowest BCUT2D eigenvalue weighted by Gasteiger charge is -2.06. The Bertz CT molecular complexity index is 1140. The second-order valence-electron chi connectivity index (χ2n) is 6.26. The van der Waals surface area contributed by atoms with E-state index in [-0.39, 0.29) is 0 Å². The smallest absolute Gasteiger partial charge is 0.149 e. The molecule has 0 radical (unpaired) electrons. The lowest BCUT2D eigenvalue weighted by Crippen LogP contribution is -1.94. The first-order chi connectivity index (χ1) is 13.7. The number of hydrogen-bond acceptors (Lipinski definition) is 3. The largest absolute Gasteiger partial charge is 0.489 e. The van der Waals surface area contributed by atoms with Gasteiger partial charge in [0.05, 0.1) is 16.6 Å². The summed E-state index contributed by atoms with van der Waals surface area (Å²) in [5, 5.41) is 10.2. The molecule has 0 atom stereocenters. The molecule has 0 aliphatic rings. The van der Waals surface area contributed by atoms with Gasteiger partial charge in [-0.1, -0.05) is 48.0 Å². The lowest BCUT2D eigenvalue weighted by molar-refractivity contribution is 0.306.